The van der Waals surface area contributed by atoms with Gasteiger partial charge >= 0.3 is 5.97 Å². The third-order valence-corrected chi connectivity index (χ3v) is 4.29. The van der Waals surface area contributed by atoms with Gasteiger partial charge < -0.3 is 9.64 Å². The maximum Gasteiger partial charge on any atom is 0.338 e. The van der Waals surface area contributed by atoms with Gasteiger partial charge in [-0.15, -0.1) is 0 Å². The van der Waals surface area contributed by atoms with Gasteiger partial charge in [-0.25, -0.2) is 4.79 Å². The summed E-state index contributed by atoms with van der Waals surface area (Å²) in [6.07, 6.45) is 2.30. The summed E-state index contributed by atoms with van der Waals surface area (Å²) in [5.41, 5.74) is 1.75. The van der Waals surface area contributed by atoms with E-state index in [-0.39, 0.29) is 5.97 Å². The summed E-state index contributed by atoms with van der Waals surface area (Å²) in [6.45, 7) is 6.38. The number of ether oxygens (including phenoxy) is 1. The van der Waals surface area contributed by atoms with Crippen LogP contribution in [-0.4, -0.2) is 55.6 Å². The second-order valence-corrected chi connectivity index (χ2v) is 5.80. The second-order valence-electron chi connectivity index (χ2n) is 5.80. The van der Waals surface area contributed by atoms with E-state index >= 15 is 0 Å². The molecule has 116 valence electrons. The number of carbonyl (C=O) groups excluding carboxylic acids is 1. The molecule has 1 aromatic carbocycles. The Morgan fingerprint density at radius 3 is 2.81 bits per heavy atom. The lowest BCUT2D eigenvalue weighted by Gasteiger charge is -2.30. The molecule has 0 amide bonds. The van der Waals surface area contributed by atoms with Gasteiger partial charge in [-0.3, -0.25) is 4.90 Å². The quantitative estimate of drug-likeness (QED) is 0.797. The van der Waals surface area contributed by atoms with E-state index < -0.39 is 0 Å². The summed E-state index contributed by atoms with van der Waals surface area (Å²) < 4.78 is 4.90. The molecule has 4 nitrogen and oxygen atoms in total. The first-order valence-corrected chi connectivity index (χ1v) is 7.74. The minimum Gasteiger partial charge on any atom is -0.465 e. The highest BCUT2D eigenvalue weighted by Crippen LogP contribution is 2.18. The maximum atomic E-state index is 11.9. The van der Waals surface area contributed by atoms with Crippen LogP contribution >= 0.6 is 0 Å². The third kappa shape index (κ3) is 4.05. The molecule has 1 aliphatic rings. The lowest BCUT2D eigenvalue weighted by atomic mass is 10.1. The van der Waals surface area contributed by atoms with Crippen molar-refractivity contribution in [2.45, 2.75) is 32.4 Å². The van der Waals surface area contributed by atoms with Crippen molar-refractivity contribution in [3.05, 3.63) is 35.4 Å². The Bertz CT molecular complexity index is 476. The minimum atomic E-state index is -0.245. The van der Waals surface area contributed by atoms with Crippen molar-refractivity contribution >= 4 is 5.97 Å². The summed E-state index contributed by atoms with van der Waals surface area (Å²) in [6, 6.07) is 8.32. The van der Waals surface area contributed by atoms with E-state index in [0.29, 0.717) is 11.6 Å². The zero-order chi connectivity index (χ0) is 15.2. The minimum absolute atomic E-state index is 0.245. The smallest absolute Gasteiger partial charge is 0.338 e. The normalized spacial score (nSPS) is 21.0. The molecule has 0 N–H and O–H groups in total. The lowest BCUT2D eigenvalue weighted by Crippen LogP contribution is -2.39. The monoisotopic (exact) mass is 290 g/mol. The first-order chi connectivity index (χ1) is 10.2. The molecule has 0 aromatic heterocycles. The van der Waals surface area contributed by atoms with E-state index in [4.69, 9.17) is 4.74 Å². The molecule has 2 rings (SSSR count). The number of hydrogen-bond acceptors (Lipinski definition) is 4. The van der Waals surface area contributed by atoms with Crippen molar-refractivity contribution in [2.24, 2.45) is 0 Å². The predicted octanol–water partition coefficient (Wildman–Crippen LogP) is 2.39. The Labute approximate surface area is 127 Å². The molecule has 0 spiro atoms. The Morgan fingerprint density at radius 1 is 1.33 bits per heavy atom. The molecule has 1 heterocycles. The van der Waals surface area contributed by atoms with E-state index in [1.54, 1.807) is 0 Å². The Kier molecular flexibility index (Phi) is 5.76. The largest absolute Gasteiger partial charge is 0.465 e. The van der Waals surface area contributed by atoms with Crippen LogP contribution in [0.4, 0.5) is 0 Å². The first-order valence-electron chi connectivity index (χ1n) is 7.74. The average Bonchev–Trinajstić information content (AvgIpc) is 2.68. The Morgan fingerprint density at radius 2 is 2.10 bits per heavy atom. The van der Waals surface area contributed by atoms with Crippen molar-refractivity contribution in [1.29, 1.82) is 0 Å². The molecule has 21 heavy (non-hydrogen) atoms. The highest BCUT2D eigenvalue weighted by atomic mass is 16.5. The van der Waals surface area contributed by atoms with E-state index in [9.17, 15) is 4.79 Å². The number of hydrogen-bond donors (Lipinski definition) is 0. The van der Waals surface area contributed by atoms with Gasteiger partial charge in [0.1, 0.15) is 0 Å². The summed E-state index contributed by atoms with van der Waals surface area (Å²) in [5, 5.41) is 0. The van der Waals surface area contributed by atoms with Crippen molar-refractivity contribution in [3.8, 4) is 0 Å². The molecule has 0 aliphatic carbocycles. The third-order valence-electron chi connectivity index (χ3n) is 4.29. The summed E-state index contributed by atoms with van der Waals surface area (Å²) in [5.74, 6) is -0.245. The molecule has 1 fully saturated rings. The van der Waals surface area contributed by atoms with Gasteiger partial charge in [0.2, 0.25) is 0 Å². The number of rotatable bonds is 4. The number of carbonyl (C=O) groups is 1. The molecular weight excluding hydrogens is 264 g/mol. The standard InChI is InChI=1S/C17H26N2O2/c1-4-15-13-18(2)10-7-11-19(15)12-14-8-5-6-9-16(14)17(20)21-3/h5-6,8-9,15H,4,7,10-13H2,1-3H3. The van der Waals surface area contributed by atoms with Gasteiger partial charge in [0.15, 0.2) is 0 Å². The van der Waals surface area contributed by atoms with Crippen LogP contribution in [0.2, 0.25) is 0 Å². The van der Waals surface area contributed by atoms with Crippen molar-refractivity contribution in [2.75, 3.05) is 33.8 Å². The van der Waals surface area contributed by atoms with Crippen molar-refractivity contribution in [1.82, 2.24) is 9.80 Å². The Hall–Kier alpha value is -1.39. The summed E-state index contributed by atoms with van der Waals surface area (Å²) in [4.78, 5) is 16.8. The van der Waals surface area contributed by atoms with Crippen molar-refractivity contribution < 1.29 is 9.53 Å². The fourth-order valence-corrected chi connectivity index (χ4v) is 3.07. The topological polar surface area (TPSA) is 32.8 Å². The number of methoxy groups -OCH3 is 1. The van der Waals surface area contributed by atoms with Crippen LogP contribution < -0.4 is 0 Å². The maximum absolute atomic E-state index is 11.9. The van der Waals surface area contributed by atoms with Gasteiger partial charge in [0.25, 0.3) is 0 Å². The molecule has 4 heteroatoms. The highest BCUT2D eigenvalue weighted by Gasteiger charge is 2.23. The SMILES string of the molecule is CCC1CN(C)CCCN1Cc1ccccc1C(=O)OC. The van der Waals surface area contributed by atoms with Crippen LogP contribution in [0.25, 0.3) is 0 Å². The zero-order valence-electron chi connectivity index (χ0n) is 13.3. The fraction of sp³-hybridized carbons (Fsp3) is 0.588. The molecule has 1 aliphatic heterocycles. The first kappa shape index (κ1) is 16.0. The molecule has 0 bridgehead atoms. The second kappa shape index (κ2) is 7.57. The van der Waals surface area contributed by atoms with Crippen LogP contribution in [-0.2, 0) is 11.3 Å². The average molecular weight is 290 g/mol. The van der Waals surface area contributed by atoms with Gasteiger partial charge in [-0.05, 0) is 38.1 Å². The lowest BCUT2D eigenvalue weighted by molar-refractivity contribution is 0.0597. The van der Waals surface area contributed by atoms with Gasteiger partial charge in [-0.2, -0.15) is 0 Å². The van der Waals surface area contributed by atoms with Crippen LogP contribution in [0.1, 0.15) is 35.7 Å². The highest BCUT2D eigenvalue weighted by molar-refractivity contribution is 5.90. The Balaban J connectivity index is 2.18. The van der Waals surface area contributed by atoms with Crippen LogP contribution in [0.3, 0.4) is 0 Å². The zero-order valence-corrected chi connectivity index (χ0v) is 13.3. The van der Waals surface area contributed by atoms with Crippen molar-refractivity contribution in [3.63, 3.8) is 0 Å². The van der Waals surface area contributed by atoms with Gasteiger partial charge in [0.05, 0.1) is 12.7 Å². The number of benzene rings is 1. The molecule has 0 saturated carbocycles. The summed E-state index contributed by atoms with van der Waals surface area (Å²) in [7, 11) is 3.63. The van der Waals surface area contributed by atoms with Crippen LogP contribution in [0.15, 0.2) is 24.3 Å². The molecule has 1 atom stereocenters. The van der Waals surface area contributed by atoms with Gasteiger partial charge in [-0.1, -0.05) is 25.1 Å². The number of nitrogens with zero attached hydrogens (tertiary/aromatic N) is 2. The number of esters is 1. The van der Waals surface area contributed by atoms with E-state index in [2.05, 4.69) is 23.8 Å². The van der Waals surface area contributed by atoms with Crippen LogP contribution in [0.5, 0.6) is 0 Å². The van der Waals surface area contributed by atoms with E-state index in [1.165, 1.54) is 13.5 Å². The molecule has 1 saturated heterocycles. The van der Waals surface area contributed by atoms with Gasteiger partial charge in [0, 0.05) is 25.7 Å². The van der Waals surface area contributed by atoms with E-state index in [1.807, 2.05) is 24.3 Å². The fourth-order valence-electron chi connectivity index (χ4n) is 3.07. The van der Waals surface area contributed by atoms with E-state index in [0.717, 1.165) is 38.2 Å². The number of likely N-dealkylation sites (N-methyl/N-ethyl adjacent to an activating group) is 1. The molecule has 0 radical (unpaired) electrons. The molecule has 1 aromatic rings. The molecular formula is C17H26N2O2. The predicted molar refractivity (Wildman–Crippen MR) is 84.4 cm³/mol. The summed E-state index contributed by atoms with van der Waals surface area (Å²) >= 11 is 0. The van der Waals surface area contributed by atoms with Crippen LogP contribution in [0, 0.1) is 0 Å². The molecule has 1 unspecified atom stereocenters.